The molecule has 3 aliphatic carbocycles. The van der Waals surface area contributed by atoms with E-state index in [9.17, 15) is 14.3 Å². The number of aromatic nitrogens is 1. The number of fused-ring (bicyclic) bond motifs is 5. The number of hydrogen-bond donors (Lipinski definition) is 1. The molecule has 2 fully saturated rings. The summed E-state index contributed by atoms with van der Waals surface area (Å²) in [6.45, 7) is 3.74. The molecule has 0 aliphatic heterocycles. The second-order valence-corrected chi connectivity index (χ2v) is 8.92. The molecule has 4 atom stereocenters. The summed E-state index contributed by atoms with van der Waals surface area (Å²) < 4.78 is 19.6. The number of Topliss-reactive ketones (excluding diaryl/α,β-unsaturated/α-hetero) is 1. The van der Waals surface area contributed by atoms with Gasteiger partial charge in [0.25, 0.3) is 5.88 Å². The highest BCUT2D eigenvalue weighted by Crippen LogP contribution is 2.60. The molecule has 0 unspecified atom stereocenters. The number of aryl methyl sites for hydroxylation is 2. The summed E-state index contributed by atoms with van der Waals surface area (Å²) in [4.78, 5) is 17.1. The number of ketones is 1. The van der Waals surface area contributed by atoms with E-state index in [0.717, 1.165) is 42.0 Å². The third-order valence-corrected chi connectivity index (χ3v) is 6.99. The van der Waals surface area contributed by atoms with Crippen molar-refractivity contribution in [2.24, 2.45) is 23.7 Å². The maximum absolute atomic E-state index is 14.0. The lowest BCUT2D eigenvalue weighted by molar-refractivity contribution is -0.118. The lowest BCUT2D eigenvalue weighted by Crippen LogP contribution is -2.24. The van der Waals surface area contributed by atoms with Gasteiger partial charge in [-0.15, -0.1) is 0 Å². The molecule has 1 N–H and O–H groups in total. The van der Waals surface area contributed by atoms with Crippen LogP contribution in [0.3, 0.4) is 0 Å². The van der Waals surface area contributed by atoms with Crippen LogP contribution in [0.4, 0.5) is 4.39 Å². The molecular formula is C23H21ClFNO3. The van der Waals surface area contributed by atoms with Crippen LogP contribution >= 0.6 is 11.6 Å². The van der Waals surface area contributed by atoms with Gasteiger partial charge in [-0.25, -0.2) is 9.37 Å². The van der Waals surface area contributed by atoms with Crippen LogP contribution < -0.4 is 4.74 Å². The van der Waals surface area contributed by atoms with Crippen LogP contribution in [-0.4, -0.2) is 15.9 Å². The van der Waals surface area contributed by atoms with Gasteiger partial charge in [-0.2, -0.15) is 0 Å². The van der Waals surface area contributed by atoms with E-state index in [2.05, 4.69) is 4.98 Å². The monoisotopic (exact) mass is 413 g/mol. The van der Waals surface area contributed by atoms with Crippen molar-refractivity contribution in [1.29, 1.82) is 0 Å². The number of rotatable bonds is 3. The van der Waals surface area contributed by atoms with Gasteiger partial charge >= 0.3 is 0 Å². The van der Waals surface area contributed by atoms with Gasteiger partial charge in [0.05, 0.1) is 10.6 Å². The van der Waals surface area contributed by atoms with Crippen molar-refractivity contribution in [3.63, 3.8) is 0 Å². The fourth-order valence-electron chi connectivity index (χ4n) is 5.74. The van der Waals surface area contributed by atoms with Gasteiger partial charge < -0.3 is 9.84 Å². The Morgan fingerprint density at radius 2 is 1.79 bits per heavy atom. The average Bonchev–Trinajstić information content (AvgIpc) is 3.33. The minimum absolute atomic E-state index is 0.0154. The first-order valence-electron chi connectivity index (χ1n) is 9.93. The van der Waals surface area contributed by atoms with Crippen LogP contribution in [-0.2, 0) is 4.79 Å². The van der Waals surface area contributed by atoms with E-state index >= 15 is 0 Å². The zero-order valence-electron chi connectivity index (χ0n) is 16.2. The van der Waals surface area contributed by atoms with Crippen molar-refractivity contribution in [3.05, 3.63) is 57.7 Å². The molecule has 0 radical (unpaired) electrons. The third kappa shape index (κ3) is 2.78. The summed E-state index contributed by atoms with van der Waals surface area (Å²) in [6, 6.07) is 4.63. The van der Waals surface area contributed by atoms with Gasteiger partial charge in [-0.05, 0) is 79.8 Å². The standard InChI is InChI=1S/C23H21ClFNO3/c1-10-5-15(29-23-16(25)8-14(24)9-26-23)6-11(2)17(10)20-21(27)18-12-3-4-13(7-12)19(18)22(20)28/h5-6,8-9,12-13,18-19,27H,3-4,7H2,1-2H3/t12-,13+,18-,19+/m0/s1. The predicted octanol–water partition coefficient (Wildman–Crippen LogP) is 5.80. The van der Waals surface area contributed by atoms with Crippen molar-refractivity contribution in [1.82, 2.24) is 4.98 Å². The molecule has 5 rings (SSSR count). The van der Waals surface area contributed by atoms with Crippen molar-refractivity contribution >= 4 is 23.0 Å². The van der Waals surface area contributed by atoms with Crippen molar-refractivity contribution in [3.8, 4) is 11.6 Å². The quantitative estimate of drug-likeness (QED) is 0.691. The molecule has 1 heterocycles. The van der Waals surface area contributed by atoms with E-state index in [1.54, 1.807) is 12.1 Å². The molecule has 4 nitrogen and oxygen atoms in total. The number of allylic oxidation sites excluding steroid dienone is 2. The third-order valence-electron chi connectivity index (χ3n) is 6.78. The van der Waals surface area contributed by atoms with Gasteiger partial charge in [0.2, 0.25) is 0 Å². The molecule has 0 spiro atoms. The Morgan fingerprint density at radius 1 is 1.14 bits per heavy atom. The molecule has 1 aromatic carbocycles. The molecule has 29 heavy (non-hydrogen) atoms. The number of carbonyl (C=O) groups excluding carboxylic acids is 1. The van der Waals surface area contributed by atoms with Crippen LogP contribution in [0.25, 0.3) is 5.57 Å². The number of halogens is 2. The Morgan fingerprint density at radius 3 is 2.41 bits per heavy atom. The van der Waals surface area contributed by atoms with E-state index in [0.29, 0.717) is 23.2 Å². The van der Waals surface area contributed by atoms with E-state index in [1.807, 2.05) is 13.8 Å². The number of ether oxygens (including phenoxy) is 1. The molecule has 3 aliphatic rings. The Balaban J connectivity index is 1.51. The van der Waals surface area contributed by atoms with Gasteiger partial charge in [-0.1, -0.05) is 11.6 Å². The Kier molecular flexibility index (Phi) is 4.21. The number of aliphatic hydroxyl groups excluding tert-OH is 1. The van der Waals surface area contributed by atoms with Crippen LogP contribution in [0.5, 0.6) is 11.6 Å². The highest BCUT2D eigenvalue weighted by molar-refractivity contribution is 6.30. The van der Waals surface area contributed by atoms with E-state index in [4.69, 9.17) is 16.3 Å². The first-order chi connectivity index (χ1) is 13.8. The zero-order chi connectivity index (χ0) is 20.4. The molecule has 0 amide bonds. The van der Waals surface area contributed by atoms with E-state index in [1.165, 1.54) is 6.20 Å². The maximum atomic E-state index is 14.0. The maximum Gasteiger partial charge on any atom is 0.255 e. The molecule has 1 aromatic heterocycles. The number of aliphatic hydroxyl groups is 1. The average molecular weight is 414 g/mol. The van der Waals surface area contributed by atoms with Crippen molar-refractivity contribution < 1.29 is 19.0 Å². The molecule has 6 heteroatoms. The number of carbonyl (C=O) groups is 1. The smallest absolute Gasteiger partial charge is 0.255 e. The number of benzene rings is 1. The second kappa shape index (κ2) is 6.56. The number of pyridine rings is 1. The Hall–Kier alpha value is -2.40. The molecular weight excluding hydrogens is 393 g/mol. The van der Waals surface area contributed by atoms with Gasteiger partial charge in [0.1, 0.15) is 11.5 Å². The largest absolute Gasteiger partial charge is 0.511 e. The van der Waals surface area contributed by atoms with Crippen molar-refractivity contribution in [2.75, 3.05) is 0 Å². The summed E-state index contributed by atoms with van der Waals surface area (Å²) in [5.74, 6) is 0.695. The first-order valence-corrected chi connectivity index (χ1v) is 10.3. The Bertz CT molecular complexity index is 1060. The second-order valence-electron chi connectivity index (χ2n) is 8.48. The molecule has 0 saturated heterocycles. The minimum atomic E-state index is -0.647. The molecule has 2 aromatic rings. The first kappa shape index (κ1) is 18.6. The van der Waals surface area contributed by atoms with Gasteiger partial charge in [0, 0.05) is 18.0 Å². The van der Waals surface area contributed by atoms with Crippen molar-refractivity contribution in [2.45, 2.75) is 33.1 Å². The predicted molar refractivity (Wildman–Crippen MR) is 108 cm³/mol. The molecule has 150 valence electrons. The Labute approximate surface area is 173 Å². The highest BCUT2D eigenvalue weighted by atomic mass is 35.5. The molecule has 2 saturated carbocycles. The van der Waals surface area contributed by atoms with E-state index in [-0.39, 0.29) is 34.3 Å². The number of hydrogen-bond acceptors (Lipinski definition) is 4. The van der Waals surface area contributed by atoms with Crippen LogP contribution in [0, 0.1) is 43.3 Å². The van der Waals surface area contributed by atoms with Gasteiger partial charge in [0.15, 0.2) is 11.6 Å². The van der Waals surface area contributed by atoms with Crippen LogP contribution in [0.1, 0.15) is 36.0 Å². The normalized spacial score (nSPS) is 27.7. The summed E-state index contributed by atoms with van der Waals surface area (Å²) in [7, 11) is 0. The van der Waals surface area contributed by atoms with Gasteiger partial charge in [-0.3, -0.25) is 4.79 Å². The lowest BCUT2D eigenvalue weighted by atomic mass is 9.80. The minimum Gasteiger partial charge on any atom is -0.511 e. The fourth-order valence-corrected chi connectivity index (χ4v) is 5.88. The fraction of sp³-hybridized carbons (Fsp3) is 0.391. The summed E-state index contributed by atoms with van der Waals surface area (Å²) in [5, 5.41) is 11.2. The van der Waals surface area contributed by atoms with E-state index < -0.39 is 5.82 Å². The topological polar surface area (TPSA) is 59.4 Å². The SMILES string of the molecule is Cc1cc(Oc2ncc(Cl)cc2F)cc(C)c1C1=C(O)[C@H]2[C@H]3CC[C@H](C3)[C@H]2C1=O. The molecule has 2 bridgehead atoms. The number of nitrogens with zero attached hydrogens (tertiary/aromatic N) is 1. The lowest BCUT2D eigenvalue weighted by Gasteiger charge is -2.23. The highest BCUT2D eigenvalue weighted by Gasteiger charge is 2.57. The zero-order valence-corrected chi connectivity index (χ0v) is 17.0. The summed E-state index contributed by atoms with van der Waals surface area (Å²) in [5.41, 5.74) is 2.83. The summed E-state index contributed by atoms with van der Waals surface area (Å²) in [6.07, 6.45) is 4.56. The van der Waals surface area contributed by atoms with Crippen LogP contribution in [0.15, 0.2) is 30.2 Å². The van der Waals surface area contributed by atoms with Crippen LogP contribution in [0.2, 0.25) is 5.02 Å². The summed E-state index contributed by atoms with van der Waals surface area (Å²) >= 11 is 5.74.